The predicted octanol–water partition coefficient (Wildman–Crippen LogP) is 2.34. The van der Waals surface area contributed by atoms with Crippen molar-refractivity contribution in [2.24, 2.45) is 5.92 Å². The molecule has 0 spiro atoms. The molecule has 2 bridgehead atoms. The van der Waals surface area contributed by atoms with Crippen LogP contribution in [-0.2, 0) is 0 Å². The standard InChI is InChI=1S/C17H19FN4O/c18-15-3-1-13(2-4-15)14-8-19-22(10-14)17(23)20-16-7-12-5-6-21(9-12)11-16/h1-4,8,10,12,16H,5-7,9,11H2,(H,20,23). The molecule has 2 aromatic rings. The van der Waals surface area contributed by atoms with E-state index in [9.17, 15) is 9.18 Å². The maximum Gasteiger partial charge on any atom is 0.342 e. The summed E-state index contributed by atoms with van der Waals surface area (Å²) in [5, 5.41) is 7.20. The van der Waals surface area contributed by atoms with Gasteiger partial charge in [0.1, 0.15) is 5.82 Å². The molecule has 2 aliphatic heterocycles. The van der Waals surface area contributed by atoms with Gasteiger partial charge in [-0.25, -0.2) is 9.18 Å². The molecule has 4 rings (SSSR count). The Hall–Kier alpha value is -2.21. The Morgan fingerprint density at radius 1 is 1.22 bits per heavy atom. The van der Waals surface area contributed by atoms with Crippen molar-refractivity contribution in [2.75, 3.05) is 19.6 Å². The lowest BCUT2D eigenvalue weighted by Gasteiger charge is -2.30. The number of piperidine rings is 1. The van der Waals surface area contributed by atoms with Crippen LogP contribution in [0.2, 0.25) is 0 Å². The lowest BCUT2D eigenvalue weighted by molar-refractivity contribution is 0.204. The molecule has 1 N–H and O–H groups in total. The van der Waals surface area contributed by atoms with E-state index in [1.807, 2.05) is 0 Å². The van der Waals surface area contributed by atoms with Crippen LogP contribution in [0.4, 0.5) is 9.18 Å². The Morgan fingerprint density at radius 3 is 2.83 bits per heavy atom. The highest BCUT2D eigenvalue weighted by Gasteiger charge is 2.33. The first-order chi connectivity index (χ1) is 11.2. The number of hydrogen-bond acceptors (Lipinski definition) is 3. The summed E-state index contributed by atoms with van der Waals surface area (Å²) in [7, 11) is 0. The van der Waals surface area contributed by atoms with E-state index in [1.165, 1.54) is 29.8 Å². The van der Waals surface area contributed by atoms with Crippen LogP contribution in [0.3, 0.4) is 0 Å². The maximum atomic E-state index is 13.0. The minimum atomic E-state index is -0.277. The molecule has 0 radical (unpaired) electrons. The summed E-state index contributed by atoms with van der Waals surface area (Å²) in [5.41, 5.74) is 1.64. The molecule has 1 aromatic heterocycles. The van der Waals surface area contributed by atoms with Crippen molar-refractivity contribution < 1.29 is 9.18 Å². The van der Waals surface area contributed by atoms with Gasteiger partial charge < -0.3 is 10.2 Å². The molecule has 2 aliphatic rings. The van der Waals surface area contributed by atoms with Crippen LogP contribution < -0.4 is 5.32 Å². The molecule has 6 heteroatoms. The molecule has 3 atom stereocenters. The summed E-state index contributed by atoms with van der Waals surface area (Å²) < 4.78 is 14.3. The molecule has 120 valence electrons. The fourth-order valence-electron chi connectivity index (χ4n) is 3.63. The number of halogens is 1. The zero-order valence-corrected chi connectivity index (χ0v) is 12.8. The summed E-state index contributed by atoms with van der Waals surface area (Å²) in [6, 6.07) is 6.16. The van der Waals surface area contributed by atoms with Gasteiger partial charge >= 0.3 is 6.03 Å². The van der Waals surface area contributed by atoms with E-state index in [-0.39, 0.29) is 17.9 Å². The minimum Gasteiger partial charge on any atom is -0.332 e. The van der Waals surface area contributed by atoms with Crippen LogP contribution in [0.5, 0.6) is 0 Å². The van der Waals surface area contributed by atoms with Gasteiger partial charge in [0.2, 0.25) is 0 Å². The molecule has 23 heavy (non-hydrogen) atoms. The first-order valence-corrected chi connectivity index (χ1v) is 8.01. The van der Waals surface area contributed by atoms with Gasteiger partial charge in [-0.2, -0.15) is 9.78 Å². The van der Waals surface area contributed by atoms with E-state index < -0.39 is 0 Å². The normalized spacial score (nSPS) is 26.2. The summed E-state index contributed by atoms with van der Waals surface area (Å²) in [4.78, 5) is 14.8. The third-order valence-corrected chi connectivity index (χ3v) is 4.76. The number of amides is 1. The third-order valence-electron chi connectivity index (χ3n) is 4.76. The summed E-state index contributed by atoms with van der Waals surface area (Å²) in [5.74, 6) is 0.433. The first kappa shape index (κ1) is 14.4. The van der Waals surface area contributed by atoms with Crippen molar-refractivity contribution in [1.82, 2.24) is 20.0 Å². The van der Waals surface area contributed by atoms with Gasteiger partial charge in [-0.1, -0.05) is 12.1 Å². The number of aromatic nitrogens is 2. The fourth-order valence-corrected chi connectivity index (χ4v) is 3.63. The number of benzene rings is 1. The quantitative estimate of drug-likeness (QED) is 0.925. The zero-order valence-electron chi connectivity index (χ0n) is 12.8. The highest BCUT2D eigenvalue weighted by molar-refractivity contribution is 5.77. The fraction of sp³-hybridized carbons (Fsp3) is 0.412. The van der Waals surface area contributed by atoms with Gasteiger partial charge in [-0.05, 0) is 43.0 Å². The highest BCUT2D eigenvalue weighted by Crippen LogP contribution is 2.26. The second-order valence-corrected chi connectivity index (χ2v) is 6.48. The lowest BCUT2D eigenvalue weighted by Crippen LogP contribution is -2.48. The summed E-state index contributed by atoms with van der Waals surface area (Å²) in [6.45, 7) is 3.24. The Balaban J connectivity index is 1.44. The average molecular weight is 314 g/mol. The van der Waals surface area contributed by atoms with Gasteiger partial charge in [-0.15, -0.1) is 0 Å². The summed E-state index contributed by atoms with van der Waals surface area (Å²) >= 11 is 0. The van der Waals surface area contributed by atoms with Crippen LogP contribution in [0.25, 0.3) is 11.1 Å². The van der Waals surface area contributed by atoms with E-state index in [0.717, 1.165) is 30.6 Å². The monoisotopic (exact) mass is 314 g/mol. The van der Waals surface area contributed by atoms with Crippen LogP contribution >= 0.6 is 0 Å². The van der Waals surface area contributed by atoms with Crippen molar-refractivity contribution in [2.45, 2.75) is 18.9 Å². The van der Waals surface area contributed by atoms with Gasteiger partial charge in [0.25, 0.3) is 0 Å². The molecular formula is C17H19FN4O. The average Bonchev–Trinajstić information content (AvgIpc) is 3.15. The molecule has 0 saturated carbocycles. The number of fused-ring (bicyclic) bond motifs is 2. The van der Waals surface area contributed by atoms with Crippen LogP contribution in [0.15, 0.2) is 36.7 Å². The number of nitrogens with one attached hydrogen (secondary N) is 1. The van der Waals surface area contributed by atoms with Crippen LogP contribution in [-0.4, -0.2) is 46.4 Å². The number of carbonyl (C=O) groups excluding carboxylic acids is 1. The van der Waals surface area contributed by atoms with E-state index in [1.54, 1.807) is 24.5 Å². The van der Waals surface area contributed by atoms with Gasteiger partial charge in [0, 0.05) is 30.9 Å². The lowest BCUT2D eigenvalue weighted by atomic mass is 9.97. The number of carbonyl (C=O) groups is 1. The largest absolute Gasteiger partial charge is 0.342 e. The van der Waals surface area contributed by atoms with Crippen molar-refractivity contribution in [1.29, 1.82) is 0 Å². The predicted molar refractivity (Wildman–Crippen MR) is 84.5 cm³/mol. The van der Waals surface area contributed by atoms with E-state index in [4.69, 9.17) is 0 Å². The third kappa shape index (κ3) is 2.99. The van der Waals surface area contributed by atoms with Gasteiger partial charge in [-0.3, -0.25) is 0 Å². The molecule has 2 fully saturated rings. The van der Waals surface area contributed by atoms with Crippen molar-refractivity contribution in [3.8, 4) is 11.1 Å². The number of hydrogen-bond donors (Lipinski definition) is 1. The van der Waals surface area contributed by atoms with E-state index in [2.05, 4.69) is 15.3 Å². The van der Waals surface area contributed by atoms with E-state index >= 15 is 0 Å². The molecule has 3 unspecified atom stereocenters. The molecule has 1 amide bonds. The second-order valence-electron chi connectivity index (χ2n) is 6.48. The first-order valence-electron chi connectivity index (χ1n) is 8.01. The molecule has 2 saturated heterocycles. The Labute approximate surface area is 134 Å². The maximum absolute atomic E-state index is 13.0. The number of nitrogens with zero attached hydrogens (tertiary/aromatic N) is 3. The van der Waals surface area contributed by atoms with Crippen molar-refractivity contribution in [3.63, 3.8) is 0 Å². The number of rotatable bonds is 2. The van der Waals surface area contributed by atoms with Crippen LogP contribution in [0.1, 0.15) is 12.8 Å². The molecule has 5 nitrogen and oxygen atoms in total. The Morgan fingerprint density at radius 2 is 2.04 bits per heavy atom. The van der Waals surface area contributed by atoms with Gasteiger partial charge in [0.05, 0.1) is 6.20 Å². The zero-order chi connectivity index (χ0) is 15.8. The Bertz CT molecular complexity index is 700. The molecular weight excluding hydrogens is 295 g/mol. The minimum absolute atomic E-state index is 0.197. The van der Waals surface area contributed by atoms with Crippen molar-refractivity contribution in [3.05, 3.63) is 42.5 Å². The van der Waals surface area contributed by atoms with Crippen molar-refractivity contribution >= 4 is 6.03 Å². The van der Waals surface area contributed by atoms with Crippen LogP contribution in [0, 0.1) is 11.7 Å². The molecule has 3 heterocycles. The smallest absolute Gasteiger partial charge is 0.332 e. The summed E-state index contributed by atoms with van der Waals surface area (Å²) in [6.07, 6.45) is 5.60. The topological polar surface area (TPSA) is 50.2 Å². The molecule has 0 aliphatic carbocycles. The SMILES string of the molecule is O=C(NC1CC2CCN(C2)C1)n1cc(-c2ccc(F)cc2)cn1. The highest BCUT2D eigenvalue weighted by atomic mass is 19.1. The molecule has 1 aromatic carbocycles. The second kappa shape index (κ2) is 5.77. The van der Waals surface area contributed by atoms with E-state index in [0.29, 0.717) is 5.92 Å². The van der Waals surface area contributed by atoms with Gasteiger partial charge in [0.15, 0.2) is 0 Å². The Kier molecular flexibility index (Phi) is 3.61.